The zero-order chi connectivity index (χ0) is 10.8. The normalized spacial score (nSPS) is 10.6. The SMILES string of the molecule is Cc1c(-c2ccc(Br)cc2)n[nH]c1CN. The van der Waals surface area contributed by atoms with Gasteiger partial charge in [0, 0.05) is 16.6 Å². The highest BCUT2D eigenvalue weighted by Crippen LogP contribution is 2.24. The molecule has 1 heterocycles. The zero-order valence-electron chi connectivity index (χ0n) is 8.42. The number of nitrogens with zero attached hydrogens (tertiary/aromatic N) is 1. The third-order valence-corrected chi connectivity index (χ3v) is 2.96. The fraction of sp³-hybridized carbons (Fsp3) is 0.182. The van der Waals surface area contributed by atoms with Crippen LogP contribution in [0.15, 0.2) is 28.7 Å². The number of hydrogen-bond acceptors (Lipinski definition) is 2. The molecular weight excluding hydrogens is 254 g/mol. The van der Waals surface area contributed by atoms with Gasteiger partial charge in [0.05, 0.1) is 11.4 Å². The summed E-state index contributed by atoms with van der Waals surface area (Å²) in [7, 11) is 0. The highest BCUT2D eigenvalue weighted by Gasteiger charge is 2.08. The molecule has 0 spiro atoms. The maximum Gasteiger partial charge on any atom is 0.0953 e. The average molecular weight is 266 g/mol. The number of H-pyrrole nitrogens is 1. The molecule has 0 aliphatic heterocycles. The summed E-state index contributed by atoms with van der Waals surface area (Å²) in [5.41, 5.74) is 9.78. The van der Waals surface area contributed by atoms with Crippen molar-refractivity contribution >= 4 is 15.9 Å². The van der Waals surface area contributed by atoms with Crippen molar-refractivity contribution in [1.82, 2.24) is 10.2 Å². The molecule has 3 nitrogen and oxygen atoms in total. The van der Waals surface area contributed by atoms with Crippen LogP contribution in [0.5, 0.6) is 0 Å². The van der Waals surface area contributed by atoms with Crippen LogP contribution >= 0.6 is 15.9 Å². The van der Waals surface area contributed by atoms with Crippen LogP contribution in [0.4, 0.5) is 0 Å². The zero-order valence-corrected chi connectivity index (χ0v) is 10.0. The molecule has 1 aromatic heterocycles. The first kappa shape index (κ1) is 10.4. The molecule has 0 radical (unpaired) electrons. The summed E-state index contributed by atoms with van der Waals surface area (Å²) < 4.78 is 1.07. The third kappa shape index (κ3) is 1.96. The highest BCUT2D eigenvalue weighted by molar-refractivity contribution is 9.10. The minimum absolute atomic E-state index is 0.495. The summed E-state index contributed by atoms with van der Waals surface area (Å²) in [5, 5.41) is 7.22. The predicted molar refractivity (Wildman–Crippen MR) is 64.4 cm³/mol. The van der Waals surface area contributed by atoms with E-state index in [1.54, 1.807) is 0 Å². The molecule has 78 valence electrons. The number of aromatic nitrogens is 2. The Morgan fingerprint density at radius 1 is 1.33 bits per heavy atom. The number of nitrogens with two attached hydrogens (primary N) is 1. The van der Waals surface area contributed by atoms with Crippen LogP contribution in [-0.2, 0) is 6.54 Å². The van der Waals surface area contributed by atoms with Gasteiger partial charge in [0.15, 0.2) is 0 Å². The Morgan fingerprint density at radius 3 is 2.53 bits per heavy atom. The first-order chi connectivity index (χ1) is 7.22. The molecule has 0 unspecified atom stereocenters. The molecule has 2 rings (SSSR count). The maximum absolute atomic E-state index is 5.59. The number of aromatic amines is 1. The molecule has 0 amide bonds. The molecule has 0 bridgehead atoms. The molecule has 0 saturated heterocycles. The minimum Gasteiger partial charge on any atom is -0.325 e. The van der Waals surface area contributed by atoms with Gasteiger partial charge in [-0.25, -0.2) is 0 Å². The Kier molecular flexibility index (Phi) is 2.88. The first-order valence-corrected chi connectivity index (χ1v) is 5.51. The van der Waals surface area contributed by atoms with Gasteiger partial charge in [0.25, 0.3) is 0 Å². The molecule has 0 fully saturated rings. The van der Waals surface area contributed by atoms with E-state index >= 15 is 0 Å². The van der Waals surface area contributed by atoms with Crippen LogP contribution in [0.1, 0.15) is 11.3 Å². The Labute approximate surface area is 96.8 Å². The van der Waals surface area contributed by atoms with Crippen LogP contribution in [0, 0.1) is 6.92 Å². The van der Waals surface area contributed by atoms with E-state index in [0.29, 0.717) is 6.54 Å². The van der Waals surface area contributed by atoms with Crippen molar-refractivity contribution in [3.05, 3.63) is 40.0 Å². The number of nitrogens with one attached hydrogen (secondary N) is 1. The number of halogens is 1. The van der Waals surface area contributed by atoms with Gasteiger partial charge in [0.2, 0.25) is 0 Å². The first-order valence-electron chi connectivity index (χ1n) is 4.72. The second kappa shape index (κ2) is 4.16. The summed E-state index contributed by atoms with van der Waals surface area (Å²) in [6.07, 6.45) is 0. The van der Waals surface area contributed by atoms with E-state index in [-0.39, 0.29) is 0 Å². The Balaban J connectivity index is 2.45. The lowest BCUT2D eigenvalue weighted by Gasteiger charge is -1.99. The number of rotatable bonds is 2. The molecule has 0 atom stereocenters. The van der Waals surface area contributed by atoms with Gasteiger partial charge < -0.3 is 5.73 Å². The molecule has 2 aromatic rings. The van der Waals surface area contributed by atoms with Crippen molar-refractivity contribution in [3.63, 3.8) is 0 Å². The molecule has 15 heavy (non-hydrogen) atoms. The molecule has 0 aliphatic rings. The van der Waals surface area contributed by atoms with Crippen molar-refractivity contribution in [2.24, 2.45) is 5.73 Å². The van der Waals surface area contributed by atoms with Crippen LogP contribution in [-0.4, -0.2) is 10.2 Å². The van der Waals surface area contributed by atoms with Gasteiger partial charge in [-0.3, -0.25) is 5.10 Å². The third-order valence-electron chi connectivity index (χ3n) is 2.43. The summed E-state index contributed by atoms with van der Waals surface area (Å²) in [5.74, 6) is 0. The quantitative estimate of drug-likeness (QED) is 0.877. The van der Waals surface area contributed by atoms with E-state index in [1.807, 2.05) is 31.2 Å². The summed E-state index contributed by atoms with van der Waals surface area (Å²) in [4.78, 5) is 0. The maximum atomic E-state index is 5.59. The van der Waals surface area contributed by atoms with Crippen LogP contribution < -0.4 is 5.73 Å². The monoisotopic (exact) mass is 265 g/mol. The van der Waals surface area contributed by atoms with E-state index < -0.39 is 0 Å². The lowest BCUT2D eigenvalue weighted by atomic mass is 10.1. The van der Waals surface area contributed by atoms with Crippen molar-refractivity contribution in [2.75, 3.05) is 0 Å². The van der Waals surface area contributed by atoms with Crippen molar-refractivity contribution in [2.45, 2.75) is 13.5 Å². The van der Waals surface area contributed by atoms with Gasteiger partial charge in [-0.05, 0) is 24.6 Å². The summed E-state index contributed by atoms with van der Waals surface area (Å²) in [6.45, 7) is 2.53. The van der Waals surface area contributed by atoms with Crippen molar-refractivity contribution in [3.8, 4) is 11.3 Å². The van der Waals surface area contributed by atoms with E-state index in [2.05, 4.69) is 26.1 Å². The molecule has 3 N–H and O–H groups in total. The lowest BCUT2D eigenvalue weighted by molar-refractivity contribution is 0.941. The molecule has 0 aliphatic carbocycles. The summed E-state index contributed by atoms with van der Waals surface area (Å²) in [6, 6.07) is 8.08. The van der Waals surface area contributed by atoms with Gasteiger partial charge >= 0.3 is 0 Å². The van der Waals surface area contributed by atoms with E-state index in [0.717, 1.165) is 27.0 Å². The topological polar surface area (TPSA) is 54.7 Å². The van der Waals surface area contributed by atoms with E-state index in [9.17, 15) is 0 Å². The smallest absolute Gasteiger partial charge is 0.0953 e. The van der Waals surface area contributed by atoms with Gasteiger partial charge in [0.1, 0.15) is 0 Å². The van der Waals surface area contributed by atoms with Gasteiger partial charge in [-0.2, -0.15) is 5.10 Å². The second-order valence-corrected chi connectivity index (χ2v) is 4.30. The second-order valence-electron chi connectivity index (χ2n) is 3.39. The van der Waals surface area contributed by atoms with E-state index in [1.165, 1.54) is 0 Å². The van der Waals surface area contributed by atoms with E-state index in [4.69, 9.17) is 5.73 Å². The van der Waals surface area contributed by atoms with Gasteiger partial charge in [-0.15, -0.1) is 0 Å². The molecule has 1 aromatic carbocycles. The Morgan fingerprint density at radius 2 is 2.00 bits per heavy atom. The Bertz CT molecular complexity index is 459. The fourth-order valence-corrected chi connectivity index (χ4v) is 1.79. The van der Waals surface area contributed by atoms with Crippen molar-refractivity contribution in [1.29, 1.82) is 0 Å². The van der Waals surface area contributed by atoms with Gasteiger partial charge in [-0.1, -0.05) is 28.1 Å². The highest BCUT2D eigenvalue weighted by atomic mass is 79.9. The molecular formula is C11H12BrN3. The van der Waals surface area contributed by atoms with Crippen molar-refractivity contribution < 1.29 is 0 Å². The lowest BCUT2D eigenvalue weighted by Crippen LogP contribution is -1.98. The van der Waals surface area contributed by atoms with Crippen LogP contribution in [0.2, 0.25) is 0 Å². The molecule has 4 heteroatoms. The number of hydrogen-bond donors (Lipinski definition) is 2. The fourth-order valence-electron chi connectivity index (χ4n) is 1.52. The standard InChI is InChI=1S/C11H12BrN3/c1-7-10(6-13)14-15-11(7)8-2-4-9(12)5-3-8/h2-5H,6,13H2,1H3,(H,14,15). The minimum atomic E-state index is 0.495. The summed E-state index contributed by atoms with van der Waals surface area (Å²) >= 11 is 3.41. The predicted octanol–water partition coefficient (Wildman–Crippen LogP) is 2.61. The van der Waals surface area contributed by atoms with Crippen LogP contribution in [0.3, 0.4) is 0 Å². The number of benzene rings is 1. The molecule has 0 saturated carbocycles. The Hall–Kier alpha value is -1.13. The van der Waals surface area contributed by atoms with Crippen LogP contribution in [0.25, 0.3) is 11.3 Å². The average Bonchev–Trinajstić information content (AvgIpc) is 2.61. The largest absolute Gasteiger partial charge is 0.325 e.